The fraction of sp³-hybridized carbons (Fsp3) is 0. The molecule has 1 heterocycles. The third-order valence-corrected chi connectivity index (χ3v) is 3.29. The van der Waals surface area contributed by atoms with E-state index in [1.807, 2.05) is 18.2 Å². The van der Waals surface area contributed by atoms with Gasteiger partial charge in [0, 0.05) is 0 Å². The molecule has 0 saturated carbocycles. The first-order chi connectivity index (χ1) is 9.05. The Morgan fingerprint density at radius 2 is 1.84 bits per heavy atom. The lowest BCUT2D eigenvalue weighted by Gasteiger charge is -2.02. The van der Waals surface area contributed by atoms with Crippen molar-refractivity contribution < 1.29 is 8.42 Å². The van der Waals surface area contributed by atoms with Crippen molar-refractivity contribution in [2.24, 2.45) is 0 Å². The number of rotatable bonds is 4. The summed E-state index contributed by atoms with van der Waals surface area (Å²) in [4.78, 5) is 7.53. The van der Waals surface area contributed by atoms with Crippen molar-refractivity contribution >= 4 is 33.5 Å². The van der Waals surface area contributed by atoms with Crippen LogP contribution in [0.4, 0.5) is 5.82 Å². The Hall–Kier alpha value is -1.92. The van der Waals surface area contributed by atoms with E-state index in [1.165, 1.54) is 18.5 Å². The first kappa shape index (κ1) is 13.5. The summed E-state index contributed by atoms with van der Waals surface area (Å²) in [6.45, 7) is 0. The molecule has 98 valence electrons. The van der Waals surface area contributed by atoms with Crippen LogP contribution in [0.2, 0.25) is 5.15 Å². The van der Waals surface area contributed by atoms with Gasteiger partial charge in [-0.05, 0) is 11.6 Å². The standard InChI is InChI=1S/C12H10ClN3O2S/c13-11-8-15-12(9-14-11)16-19(17,18)7-6-10-4-2-1-3-5-10/h1-9H,(H,15,16)/b7-6+. The van der Waals surface area contributed by atoms with Gasteiger partial charge in [-0.15, -0.1) is 0 Å². The van der Waals surface area contributed by atoms with Crippen molar-refractivity contribution in [2.75, 3.05) is 4.72 Å². The quantitative estimate of drug-likeness (QED) is 0.941. The van der Waals surface area contributed by atoms with Crippen molar-refractivity contribution in [3.8, 4) is 0 Å². The monoisotopic (exact) mass is 295 g/mol. The van der Waals surface area contributed by atoms with Crippen LogP contribution in [0.5, 0.6) is 0 Å². The summed E-state index contributed by atoms with van der Waals surface area (Å²) in [5.41, 5.74) is 0.787. The Bertz CT molecular complexity index is 670. The molecule has 0 saturated heterocycles. The highest BCUT2D eigenvalue weighted by molar-refractivity contribution is 7.95. The molecule has 1 N–H and O–H groups in total. The highest BCUT2D eigenvalue weighted by Crippen LogP contribution is 2.09. The minimum absolute atomic E-state index is 0.113. The van der Waals surface area contributed by atoms with Crippen LogP contribution < -0.4 is 4.72 Å². The molecule has 1 aromatic carbocycles. The van der Waals surface area contributed by atoms with Crippen molar-refractivity contribution in [2.45, 2.75) is 0 Å². The largest absolute Gasteiger partial charge is 0.263 e. The number of hydrogen-bond donors (Lipinski definition) is 1. The molecular formula is C12H10ClN3O2S. The van der Waals surface area contributed by atoms with Gasteiger partial charge >= 0.3 is 0 Å². The van der Waals surface area contributed by atoms with E-state index in [9.17, 15) is 8.42 Å². The Balaban J connectivity index is 2.11. The first-order valence-electron chi connectivity index (χ1n) is 5.29. The van der Waals surface area contributed by atoms with Crippen molar-refractivity contribution in [1.29, 1.82) is 0 Å². The maximum Gasteiger partial charge on any atom is 0.256 e. The number of nitrogens with one attached hydrogen (secondary N) is 1. The molecule has 0 bridgehead atoms. The lowest BCUT2D eigenvalue weighted by atomic mass is 10.2. The lowest BCUT2D eigenvalue weighted by molar-refractivity contribution is 0.609. The average molecular weight is 296 g/mol. The van der Waals surface area contributed by atoms with Crippen LogP contribution in [0.1, 0.15) is 5.56 Å². The van der Waals surface area contributed by atoms with Gasteiger partial charge in [-0.25, -0.2) is 18.4 Å². The molecule has 2 rings (SSSR count). The van der Waals surface area contributed by atoms with Crippen LogP contribution >= 0.6 is 11.6 Å². The van der Waals surface area contributed by atoms with E-state index in [1.54, 1.807) is 12.1 Å². The third kappa shape index (κ3) is 4.35. The van der Waals surface area contributed by atoms with E-state index in [0.717, 1.165) is 11.0 Å². The molecule has 0 aliphatic rings. The van der Waals surface area contributed by atoms with Gasteiger partial charge in [0.2, 0.25) is 0 Å². The van der Waals surface area contributed by atoms with Crippen molar-refractivity contribution in [3.05, 3.63) is 58.9 Å². The van der Waals surface area contributed by atoms with E-state index < -0.39 is 10.0 Å². The second-order valence-corrected chi connectivity index (χ2v) is 5.54. The molecule has 0 atom stereocenters. The van der Waals surface area contributed by atoms with Crippen LogP contribution in [0.3, 0.4) is 0 Å². The van der Waals surface area contributed by atoms with Crippen molar-refractivity contribution in [3.63, 3.8) is 0 Å². The van der Waals surface area contributed by atoms with E-state index >= 15 is 0 Å². The van der Waals surface area contributed by atoms with E-state index in [4.69, 9.17) is 11.6 Å². The fourth-order valence-electron chi connectivity index (χ4n) is 1.28. The zero-order valence-corrected chi connectivity index (χ0v) is 11.3. The first-order valence-corrected chi connectivity index (χ1v) is 7.21. The summed E-state index contributed by atoms with van der Waals surface area (Å²) in [6.07, 6.45) is 4.00. The number of sulfonamides is 1. The minimum Gasteiger partial charge on any atom is -0.263 e. The molecule has 0 unspecified atom stereocenters. The Morgan fingerprint density at radius 1 is 1.11 bits per heavy atom. The van der Waals surface area contributed by atoms with Crippen LogP contribution in [-0.2, 0) is 10.0 Å². The van der Waals surface area contributed by atoms with Gasteiger partial charge in [-0.3, -0.25) is 4.72 Å². The number of benzene rings is 1. The minimum atomic E-state index is -3.62. The smallest absolute Gasteiger partial charge is 0.256 e. The summed E-state index contributed by atoms with van der Waals surface area (Å²) in [6, 6.07) is 9.10. The van der Waals surface area contributed by atoms with Gasteiger partial charge < -0.3 is 0 Å². The van der Waals surface area contributed by atoms with Crippen LogP contribution in [-0.4, -0.2) is 18.4 Å². The number of halogens is 1. The molecule has 19 heavy (non-hydrogen) atoms. The number of hydrogen-bond acceptors (Lipinski definition) is 4. The molecule has 0 aliphatic heterocycles. The second kappa shape index (κ2) is 5.81. The Morgan fingerprint density at radius 3 is 2.47 bits per heavy atom. The van der Waals surface area contributed by atoms with Gasteiger partial charge in [-0.2, -0.15) is 0 Å². The molecule has 5 nitrogen and oxygen atoms in total. The average Bonchev–Trinajstić information content (AvgIpc) is 2.40. The molecular weight excluding hydrogens is 286 g/mol. The zero-order valence-electron chi connectivity index (χ0n) is 9.69. The van der Waals surface area contributed by atoms with E-state index in [0.29, 0.717) is 0 Å². The highest BCUT2D eigenvalue weighted by atomic mass is 35.5. The van der Waals surface area contributed by atoms with E-state index in [-0.39, 0.29) is 11.0 Å². The predicted molar refractivity (Wildman–Crippen MR) is 75.1 cm³/mol. The molecule has 0 spiro atoms. The SMILES string of the molecule is O=S(=O)(/C=C/c1ccccc1)Nc1cnc(Cl)cn1. The number of aromatic nitrogens is 2. The van der Waals surface area contributed by atoms with Gasteiger partial charge in [0.25, 0.3) is 10.0 Å². The zero-order chi connectivity index (χ0) is 13.7. The highest BCUT2D eigenvalue weighted by Gasteiger charge is 2.06. The molecule has 0 aliphatic carbocycles. The molecule has 7 heteroatoms. The number of nitrogens with zero attached hydrogens (tertiary/aromatic N) is 2. The summed E-state index contributed by atoms with van der Waals surface area (Å²) < 4.78 is 25.8. The van der Waals surface area contributed by atoms with Crippen LogP contribution in [0.25, 0.3) is 6.08 Å². The number of anilines is 1. The summed E-state index contributed by atoms with van der Waals surface area (Å²) in [7, 11) is -3.62. The molecule has 0 fully saturated rings. The lowest BCUT2D eigenvalue weighted by Crippen LogP contribution is -2.10. The van der Waals surface area contributed by atoms with Gasteiger partial charge in [0.1, 0.15) is 5.15 Å². The fourth-order valence-corrected chi connectivity index (χ4v) is 2.18. The van der Waals surface area contributed by atoms with Gasteiger partial charge in [-0.1, -0.05) is 41.9 Å². The topological polar surface area (TPSA) is 72.0 Å². The maximum absolute atomic E-state index is 11.8. The van der Waals surface area contributed by atoms with Gasteiger partial charge in [0.05, 0.1) is 17.8 Å². The third-order valence-electron chi connectivity index (χ3n) is 2.11. The predicted octanol–water partition coefficient (Wildman–Crippen LogP) is 2.54. The van der Waals surface area contributed by atoms with Crippen LogP contribution in [0, 0.1) is 0 Å². The van der Waals surface area contributed by atoms with Gasteiger partial charge in [0.15, 0.2) is 5.82 Å². The normalized spacial score (nSPS) is 11.6. The van der Waals surface area contributed by atoms with E-state index in [2.05, 4.69) is 14.7 Å². The van der Waals surface area contributed by atoms with Crippen LogP contribution in [0.15, 0.2) is 48.1 Å². The summed E-state index contributed by atoms with van der Waals surface area (Å²) in [5.74, 6) is 0.113. The Kier molecular flexibility index (Phi) is 4.13. The van der Waals surface area contributed by atoms with Crippen molar-refractivity contribution in [1.82, 2.24) is 9.97 Å². The summed E-state index contributed by atoms with van der Waals surface area (Å²) >= 11 is 5.56. The summed E-state index contributed by atoms with van der Waals surface area (Å²) in [5, 5.41) is 1.27. The Labute approximate surface area is 116 Å². The molecule has 0 amide bonds. The molecule has 2 aromatic rings. The molecule has 0 radical (unpaired) electrons. The second-order valence-electron chi connectivity index (χ2n) is 3.58. The molecule has 1 aromatic heterocycles. The maximum atomic E-state index is 11.8.